The number of aryl methyl sites for hydroxylation is 2. The number of H-pyrrole nitrogens is 1. The number of aromatic nitrogens is 4. The van der Waals surface area contributed by atoms with E-state index in [2.05, 4.69) is 20.1 Å². The van der Waals surface area contributed by atoms with Crippen molar-refractivity contribution < 1.29 is 18.3 Å². The van der Waals surface area contributed by atoms with Crippen molar-refractivity contribution in [2.24, 2.45) is 4.99 Å². The number of aliphatic imine (C=N–C) groups is 1. The van der Waals surface area contributed by atoms with Crippen LogP contribution in [-0.2, 0) is 6.54 Å². The van der Waals surface area contributed by atoms with Crippen LogP contribution in [0, 0.1) is 19.7 Å². The fourth-order valence-corrected chi connectivity index (χ4v) is 3.55. The Balaban J connectivity index is 1.79. The number of hydrogen-bond acceptors (Lipinski definition) is 4. The third kappa shape index (κ3) is 4.03. The topological polar surface area (TPSA) is 79.1 Å². The summed E-state index contributed by atoms with van der Waals surface area (Å²) in [6.07, 6.45) is -0.959. The Hall–Kier alpha value is -3.62. The molecule has 0 bridgehead atoms. The van der Waals surface area contributed by atoms with Gasteiger partial charge in [0.1, 0.15) is 12.4 Å². The Kier molecular flexibility index (Phi) is 5.26. The first-order valence-electron chi connectivity index (χ1n) is 9.58. The van der Waals surface area contributed by atoms with Crippen molar-refractivity contribution in [1.82, 2.24) is 19.7 Å². The molecule has 0 atom stereocenters. The molecule has 4 aromatic rings. The Morgan fingerprint density at radius 1 is 1.23 bits per heavy atom. The molecule has 0 aliphatic rings. The minimum atomic E-state index is -2.52. The molecule has 0 aliphatic carbocycles. The molecule has 160 valence electrons. The van der Waals surface area contributed by atoms with Gasteiger partial charge in [-0.1, -0.05) is 6.07 Å². The van der Waals surface area contributed by atoms with Gasteiger partial charge in [-0.15, -0.1) is 0 Å². The Bertz CT molecular complexity index is 1310. The maximum atomic E-state index is 13.8. The first-order valence-corrected chi connectivity index (χ1v) is 9.58. The average Bonchev–Trinajstić information content (AvgIpc) is 3.20. The van der Waals surface area contributed by atoms with E-state index in [1.54, 1.807) is 38.2 Å². The lowest BCUT2D eigenvalue weighted by molar-refractivity contribution is 0.121. The fourth-order valence-electron chi connectivity index (χ4n) is 3.55. The van der Waals surface area contributed by atoms with Crippen molar-refractivity contribution in [2.45, 2.75) is 33.7 Å². The highest BCUT2D eigenvalue weighted by molar-refractivity contribution is 6.13. The summed E-state index contributed by atoms with van der Waals surface area (Å²) in [6, 6.07) is 7.83. The molecule has 0 radical (unpaired) electrons. The molecule has 3 aromatic heterocycles. The monoisotopic (exact) mass is 427 g/mol. The molecule has 3 heterocycles. The first-order chi connectivity index (χ1) is 14.7. The van der Waals surface area contributed by atoms with Crippen molar-refractivity contribution in [3.63, 3.8) is 0 Å². The highest BCUT2D eigenvalue weighted by Crippen LogP contribution is 2.32. The van der Waals surface area contributed by atoms with E-state index in [4.69, 9.17) is 0 Å². The van der Waals surface area contributed by atoms with Crippen LogP contribution in [0.2, 0.25) is 0 Å². The smallest absolute Gasteiger partial charge is 0.257 e. The van der Waals surface area contributed by atoms with Crippen molar-refractivity contribution in [3.8, 4) is 17.1 Å². The van der Waals surface area contributed by atoms with Crippen molar-refractivity contribution in [2.75, 3.05) is 0 Å². The number of nitrogens with one attached hydrogen (secondary N) is 1. The number of benzene rings is 1. The predicted octanol–water partition coefficient (Wildman–Crippen LogP) is 5.29. The summed E-state index contributed by atoms with van der Waals surface area (Å²) in [7, 11) is 0. The van der Waals surface area contributed by atoms with Crippen molar-refractivity contribution in [3.05, 3.63) is 59.2 Å². The second-order valence-electron chi connectivity index (χ2n) is 7.34. The Labute approximate surface area is 176 Å². The summed E-state index contributed by atoms with van der Waals surface area (Å²) >= 11 is 0. The standard InChI is InChI=1S/C22H20F3N5O/c1-11-4-5-14(23)7-15(11)17-8-16-18(9-26-17)28-22(31)21(16)13(3)27-20-6-12(2)30(29-20)10-19(24)25/h4-9,19,28,31H,10H2,1-3H3. The van der Waals surface area contributed by atoms with Crippen LogP contribution in [0.1, 0.15) is 23.7 Å². The number of rotatable bonds is 5. The van der Waals surface area contributed by atoms with E-state index in [-0.39, 0.29) is 17.5 Å². The van der Waals surface area contributed by atoms with E-state index in [9.17, 15) is 18.3 Å². The van der Waals surface area contributed by atoms with Gasteiger partial charge in [-0.3, -0.25) is 9.67 Å². The molecule has 0 spiro atoms. The number of hydrogen-bond donors (Lipinski definition) is 2. The lowest BCUT2D eigenvalue weighted by Gasteiger charge is -2.06. The summed E-state index contributed by atoms with van der Waals surface area (Å²) in [5.74, 6) is -0.207. The van der Waals surface area contributed by atoms with Gasteiger partial charge in [0.05, 0.1) is 28.7 Å². The second kappa shape index (κ2) is 7.90. The quantitative estimate of drug-likeness (QED) is 0.425. The van der Waals surface area contributed by atoms with Crippen LogP contribution < -0.4 is 0 Å². The van der Waals surface area contributed by atoms with Crippen molar-refractivity contribution in [1.29, 1.82) is 0 Å². The third-order valence-electron chi connectivity index (χ3n) is 5.06. The second-order valence-corrected chi connectivity index (χ2v) is 7.34. The van der Waals surface area contributed by atoms with E-state index in [0.717, 1.165) is 5.56 Å². The van der Waals surface area contributed by atoms with Gasteiger partial charge >= 0.3 is 0 Å². The summed E-state index contributed by atoms with van der Waals surface area (Å²) in [6.45, 7) is 4.71. The number of pyridine rings is 1. The van der Waals surface area contributed by atoms with Gasteiger partial charge in [-0.2, -0.15) is 5.10 Å². The fraction of sp³-hybridized carbons (Fsp3) is 0.227. The van der Waals surface area contributed by atoms with E-state index in [1.807, 2.05) is 6.92 Å². The van der Waals surface area contributed by atoms with Crippen LogP contribution in [0.4, 0.5) is 19.0 Å². The molecule has 1 aromatic carbocycles. The number of nitrogens with zero attached hydrogens (tertiary/aromatic N) is 4. The molecule has 6 nitrogen and oxygen atoms in total. The number of alkyl halides is 2. The molecular weight excluding hydrogens is 407 g/mol. The zero-order chi connectivity index (χ0) is 22.3. The van der Waals surface area contributed by atoms with Crippen LogP contribution in [0.15, 0.2) is 41.5 Å². The van der Waals surface area contributed by atoms with Gasteiger partial charge < -0.3 is 10.1 Å². The molecule has 0 aliphatic heterocycles. The van der Waals surface area contributed by atoms with E-state index < -0.39 is 13.0 Å². The Morgan fingerprint density at radius 2 is 2.00 bits per heavy atom. The van der Waals surface area contributed by atoms with E-state index >= 15 is 0 Å². The first kappa shape index (κ1) is 20.6. The number of halogens is 3. The average molecular weight is 427 g/mol. The normalized spacial score (nSPS) is 12.3. The largest absolute Gasteiger partial charge is 0.494 e. The predicted molar refractivity (Wildman–Crippen MR) is 113 cm³/mol. The molecule has 0 fully saturated rings. The summed E-state index contributed by atoms with van der Waals surface area (Å²) in [5, 5.41) is 15.2. The van der Waals surface area contributed by atoms with Crippen LogP contribution in [-0.4, -0.2) is 37.0 Å². The molecule has 31 heavy (non-hydrogen) atoms. The van der Waals surface area contributed by atoms with Gasteiger partial charge in [-0.05, 0) is 44.5 Å². The molecule has 0 saturated carbocycles. The van der Waals surface area contributed by atoms with Crippen LogP contribution >= 0.6 is 0 Å². The molecule has 0 unspecified atom stereocenters. The molecule has 0 amide bonds. The minimum absolute atomic E-state index is 0.102. The molecule has 4 rings (SSSR count). The van der Waals surface area contributed by atoms with Gasteiger partial charge in [0.15, 0.2) is 11.7 Å². The summed E-state index contributed by atoms with van der Waals surface area (Å²) < 4.78 is 40.3. The summed E-state index contributed by atoms with van der Waals surface area (Å²) in [4.78, 5) is 11.7. The summed E-state index contributed by atoms with van der Waals surface area (Å²) in [5.41, 5.74) is 4.08. The van der Waals surface area contributed by atoms with Gasteiger partial charge in [0.2, 0.25) is 0 Å². The molecule has 9 heteroatoms. The minimum Gasteiger partial charge on any atom is -0.494 e. The number of aromatic hydroxyl groups is 1. The van der Waals surface area contributed by atoms with Crippen LogP contribution in [0.3, 0.4) is 0 Å². The van der Waals surface area contributed by atoms with Gasteiger partial charge in [-0.25, -0.2) is 18.2 Å². The van der Waals surface area contributed by atoms with Gasteiger partial charge in [0, 0.05) is 22.7 Å². The van der Waals surface area contributed by atoms with E-state index in [1.165, 1.54) is 16.8 Å². The third-order valence-corrected chi connectivity index (χ3v) is 5.06. The molecule has 2 N–H and O–H groups in total. The molecular formula is C22H20F3N5O. The van der Waals surface area contributed by atoms with E-state index in [0.29, 0.717) is 39.1 Å². The lowest BCUT2D eigenvalue weighted by Crippen LogP contribution is -2.09. The van der Waals surface area contributed by atoms with Crippen LogP contribution in [0.25, 0.3) is 22.2 Å². The highest BCUT2D eigenvalue weighted by atomic mass is 19.3. The number of aromatic amines is 1. The number of fused-ring (bicyclic) bond motifs is 1. The lowest BCUT2D eigenvalue weighted by atomic mass is 10.0. The maximum Gasteiger partial charge on any atom is 0.257 e. The Morgan fingerprint density at radius 3 is 2.74 bits per heavy atom. The van der Waals surface area contributed by atoms with Gasteiger partial charge in [0.25, 0.3) is 6.43 Å². The highest BCUT2D eigenvalue weighted by Gasteiger charge is 2.17. The van der Waals surface area contributed by atoms with Crippen LogP contribution in [0.5, 0.6) is 5.88 Å². The molecule has 0 saturated heterocycles. The zero-order valence-corrected chi connectivity index (χ0v) is 17.1. The SMILES string of the molecule is CC(=Nc1cc(C)n(CC(F)F)n1)c1c(O)[nH]c2cnc(-c3cc(F)ccc3C)cc12. The zero-order valence-electron chi connectivity index (χ0n) is 17.1. The maximum absolute atomic E-state index is 13.8. The van der Waals surface area contributed by atoms with Crippen molar-refractivity contribution >= 4 is 22.4 Å².